The van der Waals surface area contributed by atoms with E-state index < -0.39 is 5.97 Å². The van der Waals surface area contributed by atoms with Crippen molar-refractivity contribution in [3.8, 4) is 5.75 Å². The van der Waals surface area contributed by atoms with E-state index >= 15 is 0 Å². The first-order valence-corrected chi connectivity index (χ1v) is 5.00. The normalized spacial score (nSPS) is 10.1. The van der Waals surface area contributed by atoms with Gasteiger partial charge in [-0.05, 0) is 36.6 Å². The number of carboxylic acid groups (broad SMARTS) is 1. The van der Waals surface area contributed by atoms with Crippen molar-refractivity contribution < 1.29 is 15.0 Å². The molecule has 0 aromatic heterocycles. The van der Waals surface area contributed by atoms with Crippen LogP contribution in [0.1, 0.15) is 17.5 Å². The Morgan fingerprint density at radius 3 is 2.71 bits per heavy atom. The molecule has 0 saturated carbocycles. The Morgan fingerprint density at radius 2 is 2.14 bits per heavy atom. The summed E-state index contributed by atoms with van der Waals surface area (Å²) in [6, 6.07) is 3.53. The first-order chi connectivity index (χ1) is 6.50. The molecule has 14 heavy (non-hydrogen) atoms. The van der Waals surface area contributed by atoms with Crippen LogP contribution in [0, 0.1) is 6.92 Å². The van der Waals surface area contributed by atoms with Gasteiger partial charge < -0.3 is 10.2 Å². The van der Waals surface area contributed by atoms with E-state index in [2.05, 4.69) is 15.9 Å². The van der Waals surface area contributed by atoms with Crippen molar-refractivity contribution >= 4 is 21.9 Å². The van der Waals surface area contributed by atoms with E-state index in [0.717, 1.165) is 10.0 Å². The second-order valence-electron chi connectivity index (χ2n) is 3.12. The molecule has 0 unspecified atom stereocenters. The standard InChI is InChI=1S/C10H11BrO3/c1-6-4-8(11)5-7(10(6)14)2-3-9(12)13/h4-5,14H,2-3H2,1H3,(H,12,13). The van der Waals surface area contributed by atoms with Crippen LogP contribution >= 0.6 is 15.9 Å². The summed E-state index contributed by atoms with van der Waals surface area (Å²) in [5.74, 6) is -0.670. The van der Waals surface area contributed by atoms with Crippen molar-refractivity contribution in [2.24, 2.45) is 0 Å². The lowest BCUT2D eigenvalue weighted by Gasteiger charge is -2.06. The monoisotopic (exact) mass is 258 g/mol. The number of hydrogen-bond donors (Lipinski definition) is 2. The van der Waals surface area contributed by atoms with Crippen molar-refractivity contribution in [1.29, 1.82) is 0 Å². The van der Waals surface area contributed by atoms with Gasteiger partial charge in [0.25, 0.3) is 0 Å². The maximum absolute atomic E-state index is 10.4. The molecule has 0 saturated heterocycles. The highest BCUT2D eigenvalue weighted by Crippen LogP contribution is 2.27. The van der Waals surface area contributed by atoms with Crippen LogP contribution in [0.25, 0.3) is 0 Å². The fraction of sp³-hybridized carbons (Fsp3) is 0.300. The molecule has 0 fully saturated rings. The van der Waals surface area contributed by atoms with Gasteiger partial charge in [0.2, 0.25) is 0 Å². The lowest BCUT2D eigenvalue weighted by atomic mass is 10.1. The van der Waals surface area contributed by atoms with Crippen molar-refractivity contribution in [2.75, 3.05) is 0 Å². The van der Waals surface area contributed by atoms with E-state index in [1.807, 2.05) is 0 Å². The predicted octanol–water partition coefficient (Wildman–Crippen LogP) is 2.48. The lowest BCUT2D eigenvalue weighted by molar-refractivity contribution is -0.136. The molecule has 0 aliphatic rings. The minimum atomic E-state index is -0.859. The molecule has 2 N–H and O–H groups in total. The van der Waals surface area contributed by atoms with Crippen molar-refractivity contribution in [3.05, 3.63) is 27.7 Å². The first kappa shape index (κ1) is 11.0. The predicted molar refractivity (Wildman–Crippen MR) is 56.5 cm³/mol. The molecule has 1 rings (SSSR count). The van der Waals surface area contributed by atoms with Crippen molar-refractivity contribution in [1.82, 2.24) is 0 Å². The zero-order valence-corrected chi connectivity index (χ0v) is 9.34. The Morgan fingerprint density at radius 1 is 1.50 bits per heavy atom. The maximum Gasteiger partial charge on any atom is 0.303 e. The van der Waals surface area contributed by atoms with E-state index in [1.54, 1.807) is 19.1 Å². The van der Waals surface area contributed by atoms with Gasteiger partial charge in [0.05, 0.1) is 0 Å². The van der Waals surface area contributed by atoms with E-state index in [1.165, 1.54) is 0 Å². The average Bonchev–Trinajstić information content (AvgIpc) is 2.08. The second-order valence-corrected chi connectivity index (χ2v) is 4.04. The number of halogens is 1. The van der Waals surface area contributed by atoms with Gasteiger partial charge in [-0.15, -0.1) is 0 Å². The quantitative estimate of drug-likeness (QED) is 0.876. The molecule has 1 aromatic carbocycles. The Bertz CT molecular complexity index is 361. The van der Waals surface area contributed by atoms with Crippen LogP contribution in [-0.4, -0.2) is 16.2 Å². The summed E-state index contributed by atoms with van der Waals surface area (Å²) in [5.41, 5.74) is 1.42. The van der Waals surface area contributed by atoms with Crippen LogP contribution in [0.4, 0.5) is 0 Å². The molecule has 0 aliphatic heterocycles. The van der Waals surface area contributed by atoms with Crippen molar-refractivity contribution in [2.45, 2.75) is 19.8 Å². The number of rotatable bonds is 3. The van der Waals surface area contributed by atoms with Crippen LogP contribution in [0.15, 0.2) is 16.6 Å². The van der Waals surface area contributed by atoms with Gasteiger partial charge in [-0.1, -0.05) is 15.9 Å². The maximum atomic E-state index is 10.4. The number of phenols is 1. The molecular weight excluding hydrogens is 248 g/mol. The Hall–Kier alpha value is -1.03. The summed E-state index contributed by atoms with van der Waals surface area (Å²) in [7, 11) is 0. The lowest BCUT2D eigenvalue weighted by Crippen LogP contribution is -1.98. The smallest absolute Gasteiger partial charge is 0.303 e. The van der Waals surface area contributed by atoms with Crippen LogP contribution in [0.2, 0.25) is 0 Å². The third kappa shape index (κ3) is 2.73. The molecule has 0 radical (unpaired) electrons. The molecular formula is C10H11BrO3. The van der Waals surface area contributed by atoms with E-state index in [-0.39, 0.29) is 12.2 Å². The number of aryl methyl sites for hydroxylation is 2. The second kappa shape index (κ2) is 4.46. The van der Waals surface area contributed by atoms with E-state index in [4.69, 9.17) is 5.11 Å². The molecule has 0 bridgehead atoms. The molecule has 0 atom stereocenters. The molecule has 0 amide bonds. The fourth-order valence-corrected chi connectivity index (χ4v) is 1.86. The Labute approximate surface area is 90.5 Å². The first-order valence-electron chi connectivity index (χ1n) is 4.20. The molecule has 3 nitrogen and oxygen atoms in total. The summed E-state index contributed by atoms with van der Waals surface area (Å²) < 4.78 is 0.855. The Kier molecular flexibility index (Phi) is 3.52. The molecule has 0 spiro atoms. The molecule has 76 valence electrons. The van der Waals surface area contributed by atoms with Gasteiger partial charge in [0.15, 0.2) is 0 Å². The van der Waals surface area contributed by atoms with Gasteiger partial charge in [-0.3, -0.25) is 4.79 Å². The minimum absolute atomic E-state index is 0.0312. The van der Waals surface area contributed by atoms with Crippen LogP contribution in [-0.2, 0) is 11.2 Å². The fourth-order valence-electron chi connectivity index (χ4n) is 1.24. The third-order valence-electron chi connectivity index (χ3n) is 1.95. The SMILES string of the molecule is Cc1cc(Br)cc(CCC(=O)O)c1O. The third-order valence-corrected chi connectivity index (χ3v) is 2.41. The zero-order chi connectivity index (χ0) is 10.7. The highest BCUT2D eigenvalue weighted by Gasteiger charge is 2.07. The molecule has 1 aromatic rings. The average molecular weight is 259 g/mol. The van der Waals surface area contributed by atoms with Gasteiger partial charge in [-0.25, -0.2) is 0 Å². The summed E-state index contributed by atoms with van der Waals surface area (Å²) in [6.45, 7) is 1.78. The molecule has 4 heteroatoms. The number of aromatic hydroxyl groups is 1. The Balaban J connectivity index is 2.90. The number of carbonyl (C=O) groups is 1. The van der Waals surface area contributed by atoms with Crippen LogP contribution in [0.5, 0.6) is 5.75 Å². The zero-order valence-electron chi connectivity index (χ0n) is 7.75. The van der Waals surface area contributed by atoms with Crippen LogP contribution < -0.4 is 0 Å². The van der Waals surface area contributed by atoms with E-state index in [9.17, 15) is 9.90 Å². The van der Waals surface area contributed by atoms with Gasteiger partial charge in [-0.2, -0.15) is 0 Å². The molecule has 0 heterocycles. The van der Waals surface area contributed by atoms with Crippen molar-refractivity contribution in [3.63, 3.8) is 0 Å². The number of carboxylic acids is 1. The van der Waals surface area contributed by atoms with Gasteiger partial charge in [0, 0.05) is 10.9 Å². The molecule has 0 aliphatic carbocycles. The summed E-state index contributed by atoms with van der Waals surface area (Å²) >= 11 is 3.30. The number of hydrogen-bond acceptors (Lipinski definition) is 2. The van der Waals surface area contributed by atoms with E-state index in [0.29, 0.717) is 12.0 Å². The van der Waals surface area contributed by atoms with Gasteiger partial charge in [0.1, 0.15) is 5.75 Å². The number of aliphatic carboxylic acids is 1. The summed E-state index contributed by atoms with van der Waals surface area (Å²) in [4.78, 5) is 10.4. The highest BCUT2D eigenvalue weighted by atomic mass is 79.9. The van der Waals surface area contributed by atoms with Crippen LogP contribution in [0.3, 0.4) is 0 Å². The number of benzene rings is 1. The summed E-state index contributed by atoms with van der Waals surface area (Å²) in [5, 5.41) is 18.1. The number of phenolic OH excluding ortho intramolecular Hbond substituents is 1. The highest BCUT2D eigenvalue weighted by molar-refractivity contribution is 9.10. The largest absolute Gasteiger partial charge is 0.507 e. The summed E-state index contributed by atoms with van der Waals surface area (Å²) in [6.07, 6.45) is 0.380. The van der Waals surface area contributed by atoms with Gasteiger partial charge >= 0.3 is 5.97 Å². The topological polar surface area (TPSA) is 57.5 Å². The minimum Gasteiger partial charge on any atom is -0.507 e.